The first-order valence-electron chi connectivity index (χ1n) is 6.56. The van der Waals surface area contributed by atoms with Crippen LogP contribution in [-0.4, -0.2) is 34.2 Å². The standard InChI is InChI=1S/C15H17N3O3/c1-10-9-17-15(18-11(10)2)16-7-8-21-13-5-3-12(4-6-13)14(19)20/h3-6,9H,7-8H2,1-2H3,(H,19,20)(H,16,17,18). The Kier molecular flexibility index (Phi) is 4.71. The number of carboxylic acid groups (broad SMARTS) is 1. The summed E-state index contributed by atoms with van der Waals surface area (Å²) in [5, 5.41) is 11.9. The summed E-state index contributed by atoms with van der Waals surface area (Å²) in [6.07, 6.45) is 1.77. The molecule has 0 aliphatic carbocycles. The first-order valence-corrected chi connectivity index (χ1v) is 6.56. The molecule has 0 spiro atoms. The lowest BCUT2D eigenvalue weighted by atomic mass is 10.2. The lowest BCUT2D eigenvalue weighted by molar-refractivity contribution is 0.0697. The molecule has 2 N–H and O–H groups in total. The summed E-state index contributed by atoms with van der Waals surface area (Å²) in [5.74, 6) is 0.251. The van der Waals surface area contributed by atoms with Crippen molar-refractivity contribution in [2.75, 3.05) is 18.5 Å². The van der Waals surface area contributed by atoms with Gasteiger partial charge in [-0.25, -0.2) is 14.8 Å². The van der Waals surface area contributed by atoms with Gasteiger partial charge in [-0.2, -0.15) is 0 Å². The first kappa shape index (κ1) is 14.8. The number of hydrogen-bond acceptors (Lipinski definition) is 5. The third-order valence-corrected chi connectivity index (χ3v) is 2.98. The molecule has 6 nitrogen and oxygen atoms in total. The fourth-order valence-electron chi connectivity index (χ4n) is 1.64. The Morgan fingerprint density at radius 1 is 1.29 bits per heavy atom. The smallest absolute Gasteiger partial charge is 0.335 e. The average Bonchev–Trinajstić information content (AvgIpc) is 2.47. The Morgan fingerprint density at radius 2 is 2.00 bits per heavy atom. The van der Waals surface area contributed by atoms with Crippen molar-refractivity contribution in [1.82, 2.24) is 9.97 Å². The molecule has 1 heterocycles. The monoisotopic (exact) mass is 287 g/mol. The molecule has 1 aromatic carbocycles. The zero-order valence-electron chi connectivity index (χ0n) is 12.0. The summed E-state index contributed by atoms with van der Waals surface area (Å²) in [6, 6.07) is 6.29. The topological polar surface area (TPSA) is 84.3 Å². The quantitative estimate of drug-likeness (QED) is 0.793. The van der Waals surface area contributed by atoms with Gasteiger partial charge >= 0.3 is 5.97 Å². The first-order chi connectivity index (χ1) is 10.1. The summed E-state index contributed by atoms with van der Waals surface area (Å²) in [7, 11) is 0. The van der Waals surface area contributed by atoms with Gasteiger partial charge < -0.3 is 15.2 Å². The molecule has 2 rings (SSSR count). The molecule has 0 bridgehead atoms. The van der Waals surface area contributed by atoms with Gasteiger partial charge in [-0.15, -0.1) is 0 Å². The Morgan fingerprint density at radius 3 is 2.62 bits per heavy atom. The molecular formula is C15H17N3O3. The van der Waals surface area contributed by atoms with E-state index in [-0.39, 0.29) is 5.56 Å². The van der Waals surface area contributed by atoms with E-state index in [0.717, 1.165) is 11.3 Å². The second kappa shape index (κ2) is 6.69. The van der Waals surface area contributed by atoms with Crippen molar-refractivity contribution in [3.63, 3.8) is 0 Å². The maximum absolute atomic E-state index is 10.7. The molecule has 1 aromatic heterocycles. The molecule has 0 fully saturated rings. The highest BCUT2D eigenvalue weighted by Gasteiger charge is 2.02. The van der Waals surface area contributed by atoms with Crippen molar-refractivity contribution in [2.45, 2.75) is 13.8 Å². The molecule has 0 radical (unpaired) electrons. The number of nitrogens with zero attached hydrogens (tertiary/aromatic N) is 2. The highest BCUT2D eigenvalue weighted by atomic mass is 16.5. The summed E-state index contributed by atoms with van der Waals surface area (Å²) in [4.78, 5) is 19.2. The summed E-state index contributed by atoms with van der Waals surface area (Å²) in [5.41, 5.74) is 2.23. The lowest BCUT2D eigenvalue weighted by Gasteiger charge is -2.08. The van der Waals surface area contributed by atoms with E-state index in [2.05, 4.69) is 15.3 Å². The maximum Gasteiger partial charge on any atom is 0.335 e. The van der Waals surface area contributed by atoms with Crippen LogP contribution in [0.1, 0.15) is 21.6 Å². The van der Waals surface area contributed by atoms with Crippen LogP contribution in [-0.2, 0) is 0 Å². The largest absolute Gasteiger partial charge is 0.492 e. The normalized spacial score (nSPS) is 10.2. The summed E-state index contributed by atoms with van der Waals surface area (Å²) >= 11 is 0. The zero-order valence-corrected chi connectivity index (χ0v) is 12.0. The number of aryl methyl sites for hydroxylation is 2. The van der Waals surface area contributed by atoms with E-state index in [1.165, 1.54) is 12.1 Å². The van der Waals surface area contributed by atoms with Crippen molar-refractivity contribution in [3.05, 3.63) is 47.3 Å². The minimum Gasteiger partial charge on any atom is -0.492 e. The second-order valence-corrected chi connectivity index (χ2v) is 4.57. The minimum atomic E-state index is -0.949. The highest BCUT2D eigenvalue weighted by Crippen LogP contribution is 2.12. The van der Waals surface area contributed by atoms with Crippen LogP contribution in [0.25, 0.3) is 0 Å². The number of aromatic nitrogens is 2. The van der Waals surface area contributed by atoms with Crippen molar-refractivity contribution >= 4 is 11.9 Å². The number of ether oxygens (including phenoxy) is 1. The van der Waals surface area contributed by atoms with Crippen LogP contribution in [0.2, 0.25) is 0 Å². The van der Waals surface area contributed by atoms with Crippen molar-refractivity contribution in [2.24, 2.45) is 0 Å². The van der Waals surface area contributed by atoms with Gasteiger partial charge in [0.15, 0.2) is 0 Å². The predicted molar refractivity (Wildman–Crippen MR) is 78.9 cm³/mol. The molecular weight excluding hydrogens is 270 g/mol. The summed E-state index contributed by atoms with van der Waals surface area (Å²) in [6.45, 7) is 4.89. The molecule has 110 valence electrons. The number of nitrogens with one attached hydrogen (secondary N) is 1. The molecule has 0 aliphatic heterocycles. The number of rotatable bonds is 6. The fourth-order valence-corrected chi connectivity index (χ4v) is 1.64. The van der Waals surface area contributed by atoms with Gasteiger partial charge in [-0.1, -0.05) is 0 Å². The highest BCUT2D eigenvalue weighted by molar-refractivity contribution is 5.87. The van der Waals surface area contributed by atoms with Gasteiger partial charge in [-0.05, 0) is 43.7 Å². The number of aromatic carboxylic acids is 1. The zero-order chi connectivity index (χ0) is 15.2. The van der Waals surface area contributed by atoms with E-state index < -0.39 is 5.97 Å². The van der Waals surface area contributed by atoms with Gasteiger partial charge in [0.2, 0.25) is 5.95 Å². The van der Waals surface area contributed by atoms with Crippen LogP contribution in [0, 0.1) is 13.8 Å². The molecule has 0 amide bonds. The van der Waals surface area contributed by atoms with Crippen molar-refractivity contribution in [3.8, 4) is 5.75 Å². The molecule has 0 atom stereocenters. The second-order valence-electron chi connectivity index (χ2n) is 4.57. The van der Waals surface area contributed by atoms with Crippen molar-refractivity contribution in [1.29, 1.82) is 0 Å². The Labute approximate surface area is 122 Å². The van der Waals surface area contributed by atoms with Crippen LogP contribution < -0.4 is 10.1 Å². The third kappa shape index (κ3) is 4.17. The minimum absolute atomic E-state index is 0.240. The van der Waals surface area contributed by atoms with E-state index in [4.69, 9.17) is 9.84 Å². The molecule has 21 heavy (non-hydrogen) atoms. The van der Waals surface area contributed by atoms with E-state index in [9.17, 15) is 4.79 Å². The summed E-state index contributed by atoms with van der Waals surface area (Å²) < 4.78 is 5.51. The maximum atomic E-state index is 10.7. The third-order valence-electron chi connectivity index (χ3n) is 2.98. The van der Waals surface area contributed by atoms with Crippen LogP contribution in [0.5, 0.6) is 5.75 Å². The average molecular weight is 287 g/mol. The van der Waals surface area contributed by atoms with Gasteiger partial charge in [0, 0.05) is 11.9 Å². The molecule has 0 unspecified atom stereocenters. The number of benzene rings is 1. The molecule has 0 aliphatic rings. The number of carbonyl (C=O) groups is 1. The lowest BCUT2D eigenvalue weighted by Crippen LogP contribution is -2.13. The van der Waals surface area contributed by atoms with E-state index >= 15 is 0 Å². The van der Waals surface area contributed by atoms with Crippen molar-refractivity contribution < 1.29 is 14.6 Å². The van der Waals surface area contributed by atoms with Crippen LogP contribution in [0.15, 0.2) is 30.5 Å². The van der Waals surface area contributed by atoms with Gasteiger partial charge in [-0.3, -0.25) is 0 Å². The number of hydrogen-bond donors (Lipinski definition) is 2. The Hall–Kier alpha value is -2.63. The van der Waals surface area contributed by atoms with Crippen LogP contribution in [0.4, 0.5) is 5.95 Å². The van der Waals surface area contributed by atoms with E-state index in [1.807, 2.05) is 13.8 Å². The van der Waals surface area contributed by atoms with Gasteiger partial charge in [0.1, 0.15) is 12.4 Å². The van der Waals surface area contributed by atoms with Gasteiger partial charge in [0.25, 0.3) is 0 Å². The SMILES string of the molecule is Cc1cnc(NCCOc2ccc(C(=O)O)cc2)nc1C. The Bertz CT molecular complexity index is 627. The fraction of sp³-hybridized carbons (Fsp3) is 0.267. The van der Waals surface area contributed by atoms with Crippen LogP contribution in [0.3, 0.4) is 0 Å². The number of anilines is 1. The molecule has 6 heteroatoms. The molecule has 0 saturated carbocycles. The number of carboxylic acids is 1. The Balaban J connectivity index is 1.79. The van der Waals surface area contributed by atoms with E-state index in [1.54, 1.807) is 18.3 Å². The molecule has 0 saturated heterocycles. The van der Waals surface area contributed by atoms with Crippen LogP contribution >= 0.6 is 0 Å². The van der Waals surface area contributed by atoms with E-state index in [0.29, 0.717) is 24.8 Å². The predicted octanol–water partition coefficient (Wildman–Crippen LogP) is 2.28. The van der Waals surface area contributed by atoms with Gasteiger partial charge in [0.05, 0.1) is 12.1 Å². The molecule has 2 aromatic rings.